The monoisotopic (exact) mass is 204 g/mol. The summed E-state index contributed by atoms with van der Waals surface area (Å²) in [6, 6.07) is 0.656. The Morgan fingerprint density at radius 2 is 2.07 bits per heavy atom. The third kappa shape index (κ3) is 1.81. The molecule has 0 spiro atoms. The quantitative estimate of drug-likeness (QED) is 0.730. The molecule has 1 aromatic heterocycles. The van der Waals surface area contributed by atoms with Crippen molar-refractivity contribution < 1.29 is 0 Å². The predicted octanol–water partition coefficient (Wildman–Crippen LogP) is 0.665. The minimum Gasteiger partial charge on any atom is -0.367 e. The molecule has 1 N–H and O–H groups in total. The lowest BCUT2D eigenvalue weighted by Gasteiger charge is -2.23. The van der Waals surface area contributed by atoms with Crippen LogP contribution in [0.15, 0.2) is 18.7 Å². The number of nitrogens with zero attached hydrogens (tertiary/aromatic N) is 3. The van der Waals surface area contributed by atoms with Crippen molar-refractivity contribution >= 4 is 5.69 Å². The van der Waals surface area contributed by atoms with Crippen LogP contribution in [0.2, 0.25) is 0 Å². The summed E-state index contributed by atoms with van der Waals surface area (Å²) >= 11 is 0. The molecule has 0 aromatic carbocycles. The highest BCUT2D eigenvalue weighted by Gasteiger charge is 2.28. The number of hydrogen-bond acceptors (Lipinski definition) is 4. The van der Waals surface area contributed by atoms with E-state index in [1.807, 2.05) is 12.4 Å². The molecule has 3 fully saturated rings. The van der Waals surface area contributed by atoms with Gasteiger partial charge in [0.2, 0.25) is 0 Å². The summed E-state index contributed by atoms with van der Waals surface area (Å²) in [6.07, 6.45) is 8.10. The molecule has 4 rings (SSSR count). The highest BCUT2D eigenvalue weighted by Crippen LogP contribution is 2.24. The molecule has 80 valence electrons. The van der Waals surface area contributed by atoms with Crippen molar-refractivity contribution in [3.8, 4) is 0 Å². The van der Waals surface area contributed by atoms with Gasteiger partial charge >= 0.3 is 0 Å². The fraction of sp³-hybridized carbons (Fsp3) is 0.636. The molecule has 1 aromatic rings. The molecule has 3 saturated heterocycles. The van der Waals surface area contributed by atoms with E-state index < -0.39 is 0 Å². The second-order valence-corrected chi connectivity index (χ2v) is 4.55. The van der Waals surface area contributed by atoms with Gasteiger partial charge in [-0.05, 0) is 25.3 Å². The van der Waals surface area contributed by atoms with E-state index in [-0.39, 0.29) is 0 Å². The van der Waals surface area contributed by atoms with Crippen molar-refractivity contribution in [2.24, 2.45) is 5.92 Å². The van der Waals surface area contributed by atoms with Gasteiger partial charge in [0, 0.05) is 19.1 Å². The highest BCUT2D eigenvalue weighted by molar-refractivity contribution is 5.42. The van der Waals surface area contributed by atoms with Crippen molar-refractivity contribution in [1.29, 1.82) is 0 Å². The number of anilines is 1. The van der Waals surface area contributed by atoms with Gasteiger partial charge in [0.1, 0.15) is 6.33 Å². The van der Waals surface area contributed by atoms with Gasteiger partial charge in [0.05, 0.1) is 18.1 Å². The summed E-state index contributed by atoms with van der Waals surface area (Å²) in [5.41, 5.74) is 1.16. The standard InChI is InChI=1S/C11H16N4/c1-2-10-7-15(6-9(1)3-14-10)11-4-12-8-13-5-11/h4-5,8-10,14H,1-3,6-7H2. The van der Waals surface area contributed by atoms with Crippen molar-refractivity contribution in [3.63, 3.8) is 0 Å². The molecule has 2 atom stereocenters. The predicted molar refractivity (Wildman–Crippen MR) is 58.8 cm³/mol. The van der Waals surface area contributed by atoms with Crippen LogP contribution in [0.1, 0.15) is 12.8 Å². The van der Waals surface area contributed by atoms with Crippen LogP contribution in [0, 0.1) is 5.92 Å². The van der Waals surface area contributed by atoms with E-state index in [1.165, 1.54) is 19.4 Å². The molecule has 0 aliphatic carbocycles. The molecule has 0 amide bonds. The lowest BCUT2D eigenvalue weighted by atomic mass is 9.97. The molecule has 15 heavy (non-hydrogen) atoms. The zero-order valence-electron chi connectivity index (χ0n) is 8.76. The Morgan fingerprint density at radius 1 is 1.20 bits per heavy atom. The van der Waals surface area contributed by atoms with E-state index in [0.29, 0.717) is 6.04 Å². The largest absolute Gasteiger partial charge is 0.367 e. The molecular formula is C11H16N4. The molecule has 3 aliphatic rings. The molecule has 3 aliphatic heterocycles. The number of fused-ring (bicyclic) bond motifs is 4. The maximum atomic E-state index is 4.09. The number of hydrogen-bond donors (Lipinski definition) is 1. The summed E-state index contributed by atoms with van der Waals surface area (Å²) in [5, 5.41) is 3.60. The lowest BCUT2D eigenvalue weighted by molar-refractivity contribution is 0.360. The topological polar surface area (TPSA) is 41.1 Å². The van der Waals surface area contributed by atoms with Gasteiger partial charge in [-0.3, -0.25) is 0 Å². The van der Waals surface area contributed by atoms with Crippen LogP contribution < -0.4 is 10.2 Å². The molecule has 2 unspecified atom stereocenters. The van der Waals surface area contributed by atoms with Crippen LogP contribution >= 0.6 is 0 Å². The van der Waals surface area contributed by atoms with E-state index in [2.05, 4.69) is 20.2 Å². The van der Waals surface area contributed by atoms with Crippen molar-refractivity contribution in [2.75, 3.05) is 24.5 Å². The minimum absolute atomic E-state index is 0.656. The summed E-state index contributed by atoms with van der Waals surface area (Å²) in [4.78, 5) is 10.6. The second-order valence-electron chi connectivity index (χ2n) is 4.55. The third-order valence-corrected chi connectivity index (χ3v) is 3.45. The first-order valence-electron chi connectivity index (χ1n) is 5.65. The minimum atomic E-state index is 0.656. The average molecular weight is 204 g/mol. The van der Waals surface area contributed by atoms with Crippen LogP contribution in [0.25, 0.3) is 0 Å². The van der Waals surface area contributed by atoms with Crippen LogP contribution in [0.4, 0.5) is 5.69 Å². The van der Waals surface area contributed by atoms with Crippen molar-refractivity contribution in [3.05, 3.63) is 18.7 Å². The summed E-state index contributed by atoms with van der Waals surface area (Å²) in [6.45, 7) is 3.43. The second kappa shape index (κ2) is 3.77. The SMILES string of the molecule is c1ncc(N2CC3CCC(C2)NC3)cn1. The smallest absolute Gasteiger partial charge is 0.115 e. The number of piperidine rings is 1. The van der Waals surface area contributed by atoms with Crippen LogP contribution in [-0.2, 0) is 0 Å². The van der Waals surface area contributed by atoms with Gasteiger partial charge in [0.25, 0.3) is 0 Å². The number of nitrogens with one attached hydrogen (secondary N) is 1. The van der Waals surface area contributed by atoms with Gasteiger partial charge in [-0.15, -0.1) is 0 Å². The number of aromatic nitrogens is 2. The Hall–Kier alpha value is -1.16. The molecule has 4 heterocycles. The van der Waals surface area contributed by atoms with Crippen molar-refractivity contribution in [2.45, 2.75) is 18.9 Å². The Morgan fingerprint density at radius 3 is 2.80 bits per heavy atom. The van der Waals surface area contributed by atoms with Gasteiger partial charge in [-0.1, -0.05) is 0 Å². The Bertz CT molecular complexity index is 305. The fourth-order valence-corrected chi connectivity index (χ4v) is 2.60. The molecule has 4 nitrogen and oxygen atoms in total. The van der Waals surface area contributed by atoms with Crippen LogP contribution in [-0.4, -0.2) is 35.6 Å². The highest BCUT2D eigenvalue weighted by atomic mass is 15.2. The number of rotatable bonds is 1. The van der Waals surface area contributed by atoms with E-state index in [0.717, 1.165) is 24.7 Å². The Kier molecular flexibility index (Phi) is 2.29. The third-order valence-electron chi connectivity index (χ3n) is 3.45. The Labute approximate surface area is 89.7 Å². The molecular weight excluding hydrogens is 188 g/mol. The van der Waals surface area contributed by atoms with Gasteiger partial charge < -0.3 is 10.2 Å². The van der Waals surface area contributed by atoms with E-state index >= 15 is 0 Å². The molecule has 2 bridgehead atoms. The molecule has 0 radical (unpaired) electrons. The summed E-state index contributed by atoms with van der Waals surface area (Å²) in [5.74, 6) is 0.795. The zero-order chi connectivity index (χ0) is 10.1. The molecule has 0 saturated carbocycles. The Balaban J connectivity index is 1.82. The zero-order valence-corrected chi connectivity index (χ0v) is 8.76. The van der Waals surface area contributed by atoms with E-state index in [1.54, 1.807) is 6.33 Å². The first-order valence-corrected chi connectivity index (χ1v) is 5.65. The summed E-state index contributed by atoms with van der Waals surface area (Å²) in [7, 11) is 0. The fourth-order valence-electron chi connectivity index (χ4n) is 2.60. The lowest BCUT2D eigenvalue weighted by Crippen LogP contribution is -2.39. The summed E-state index contributed by atoms with van der Waals surface area (Å²) < 4.78 is 0. The van der Waals surface area contributed by atoms with E-state index in [9.17, 15) is 0 Å². The van der Waals surface area contributed by atoms with E-state index in [4.69, 9.17) is 0 Å². The maximum Gasteiger partial charge on any atom is 0.115 e. The van der Waals surface area contributed by atoms with Gasteiger partial charge in [-0.2, -0.15) is 0 Å². The van der Waals surface area contributed by atoms with Gasteiger partial charge in [0.15, 0.2) is 0 Å². The van der Waals surface area contributed by atoms with Gasteiger partial charge in [-0.25, -0.2) is 9.97 Å². The van der Waals surface area contributed by atoms with Crippen LogP contribution in [0.3, 0.4) is 0 Å². The normalized spacial score (nSPS) is 30.3. The molecule has 4 heteroatoms. The maximum absolute atomic E-state index is 4.09. The first kappa shape index (κ1) is 9.09. The van der Waals surface area contributed by atoms with Crippen molar-refractivity contribution in [1.82, 2.24) is 15.3 Å². The first-order chi connectivity index (χ1) is 7.42. The van der Waals surface area contributed by atoms with Crippen LogP contribution in [0.5, 0.6) is 0 Å². The average Bonchev–Trinajstić information content (AvgIpc) is 2.63.